The maximum Gasteiger partial charge on any atom is 0.570 e. The molecule has 2 N–H and O–H groups in total. The van der Waals surface area contributed by atoms with Gasteiger partial charge in [0.25, 0.3) is 0 Å². The number of sulfonamides is 1. The number of nitroso groups, excluding NO2 is 1. The van der Waals surface area contributed by atoms with Gasteiger partial charge >= 0.3 is 13.0 Å². The molecule has 0 bridgehead atoms. The van der Waals surface area contributed by atoms with Crippen LogP contribution in [0, 0.1) is 4.91 Å². The van der Waals surface area contributed by atoms with Gasteiger partial charge in [0, 0.05) is 13.0 Å². The lowest BCUT2D eigenvalue weighted by Gasteiger charge is -2.28. The van der Waals surface area contributed by atoms with Gasteiger partial charge in [-0.05, 0) is 25.0 Å². The normalized spacial score (nSPS) is 16.1. The number of nitrogens with one attached hydrogen (secondary N) is 2. The van der Waals surface area contributed by atoms with E-state index >= 15 is 0 Å². The second-order valence-electron chi connectivity index (χ2n) is 5.92. The van der Waals surface area contributed by atoms with Crippen LogP contribution in [0.5, 0.6) is 5.75 Å². The molecule has 1 aromatic carbocycles. The Labute approximate surface area is 157 Å². The summed E-state index contributed by atoms with van der Waals surface area (Å²) >= 11 is 0. The van der Waals surface area contributed by atoms with Gasteiger partial charge in [-0.15, -0.1) is 0 Å². The molecule has 27 heavy (non-hydrogen) atoms. The second kappa shape index (κ2) is 8.95. The summed E-state index contributed by atoms with van der Waals surface area (Å²) < 4.78 is 34.8. The van der Waals surface area contributed by atoms with Gasteiger partial charge in [-0.3, -0.25) is 4.79 Å². The van der Waals surface area contributed by atoms with Crippen molar-refractivity contribution in [2.45, 2.75) is 25.7 Å². The molecule has 1 aliphatic rings. The SMILES string of the molecule is CCOC(=O)c1cccc2c1OB(N=O)[C@@H](NC(=O)CCNS(C)(=O)=O)C2. The fourth-order valence-corrected chi connectivity index (χ4v) is 3.11. The number of carbonyl (C=O) groups excluding carboxylic acids is 2. The van der Waals surface area contributed by atoms with Gasteiger partial charge in [-0.25, -0.2) is 17.9 Å². The Morgan fingerprint density at radius 2 is 2.15 bits per heavy atom. The summed E-state index contributed by atoms with van der Waals surface area (Å²) in [5, 5.41) is 5.51. The molecule has 10 nitrogen and oxygen atoms in total. The first kappa shape index (κ1) is 20.8. The number of para-hydroxylation sites is 1. The zero-order chi connectivity index (χ0) is 20.0. The Kier molecular flexibility index (Phi) is 6.91. The van der Waals surface area contributed by atoms with E-state index in [2.05, 4.69) is 15.1 Å². The molecule has 0 aliphatic carbocycles. The molecular formula is C15H20BN3O7S. The maximum absolute atomic E-state index is 12.0. The Morgan fingerprint density at radius 3 is 2.78 bits per heavy atom. The van der Waals surface area contributed by atoms with Crippen molar-refractivity contribution in [3.63, 3.8) is 0 Å². The highest BCUT2D eigenvalue weighted by atomic mass is 32.2. The van der Waals surface area contributed by atoms with E-state index in [0.717, 1.165) is 6.26 Å². The molecular weight excluding hydrogens is 377 g/mol. The molecule has 0 saturated carbocycles. The van der Waals surface area contributed by atoms with E-state index in [1.54, 1.807) is 19.1 Å². The van der Waals surface area contributed by atoms with E-state index < -0.39 is 34.9 Å². The molecule has 0 spiro atoms. The second-order valence-corrected chi connectivity index (χ2v) is 7.76. The standard InChI is InChI=1S/C15H20BN3O7S/c1-3-25-15(21)11-6-4-5-10-9-12(16(19-22)26-14(10)11)18-13(20)7-8-17-27(2,23)24/h4-6,12,17H,3,7-9H2,1-2H3,(H,18,20)/t12-/m0/s1. The summed E-state index contributed by atoms with van der Waals surface area (Å²) in [5.74, 6) is -1.56. The van der Waals surface area contributed by atoms with E-state index in [-0.39, 0.29) is 37.3 Å². The average molecular weight is 397 g/mol. The van der Waals surface area contributed by atoms with E-state index in [1.165, 1.54) is 6.07 Å². The van der Waals surface area contributed by atoms with E-state index in [0.29, 0.717) is 5.56 Å². The van der Waals surface area contributed by atoms with Gasteiger partial charge in [-0.1, -0.05) is 17.2 Å². The molecule has 1 heterocycles. The van der Waals surface area contributed by atoms with E-state index in [9.17, 15) is 22.9 Å². The van der Waals surface area contributed by atoms with Crippen LogP contribution in [0.15, 0.2) is 23.3 Å². The van der Waals surface area contributed by atoms with E-state index in [4.69, 9.17) is 9.39 Å². The topological polar surface area (TPSA) is 140 Å². The minimum atomic E-state index is -3.39. The molecule has 1 amide bonds. The number of hydrogen-bond donors (Lipinski definition) is 2. The first-order valence-corrected chi connectivity index (χ1v) is 10.2. The summed E-state index contributed by atoms with van der Waals surface area (Å²) in [6, 6.07) is 4.88. The largest absolute Gasteiger partial charge is 0.570 e. The molecule has 1 aromatic rings. The Hall–Kier alpha value is -2.47. The number of rotatable bonds is 8. The van der Waals surface area contributed by atoms with Crippen molar-refractivity contribution in [2.24, 2.45) is 5.09 Å². The van der Waals surface area contributed by atoms with Gasteiger partial charge in [0.15, 0.2) is 0 Å². The number of carbonyl (C=O) groups is 2. The molecule has 2 rings (SSSR count). The molecule has 1 aliphatic heterocycles. The highest BCUT2D eigenvalue weighted by molar-refractivity contribution is 7.88. The fraction of sp³-hybridized carbons (Fsp3) is 0.467. The fourth-order valence-electron chi connectivity index (χ4n) is 2.64. The summed E-state index contributed by atoms with van der Waals surface area (Å²) in [5.41, 5.74) is 0.810. The lowest BCUT2D eigenvalue weighted by atomic mass is 9.68. The minimum absolute atomic E-state index is 0.0684. The maximum atomic E-state index is 12.0. The highest BCUT2D eigenvalue weighted by Crippen LogP contribution is 2.31. The number of amides is 1. The Morgan fingerprint density at radius 1 is 1.41 bits per heavy atom. The third-order valence-corrected chi connectivity index (χ3v) is 4.51. The molecule has 0 aromatic heterocycles. The van der Waals surface area contributed by atoms with Crippen LogP contribution in [-0.2, 0) is 26.0 Å². The van der Waals surface area contributed by atoms with E-state index in [1.807, 2.05) is 0 Å². The predicted octanol–water partition coefficient (Wildman–Crippen LogP) is 0.0161. The number of esters is 1. The summed E-state index contributed by atoms with van der Waals surface area (Å²) in [4.78, 5) is 35.2. The van der Waals surface area contributed by atoms with Crippen molar-refractivity contribution in [2.75, 3.05) is 19.4 Å². The molecule has 146 valence electrons. The molecule has 0 radical (unpaired) electrons. The molecule has 1 atom stereocenters. The van der Waals surface area contributed by atoms with Crippen molar-refractivity contribution < 1.29 is 27.4 Å². The van der Waals surface area contributed by atoms with Crippen molar-refractivity contribution in [3.05, 3.63) is 34.2 Å². The van der Waals surface area contributed by atoms with Crippen LogP contribution in [0.1, 0.15) is 29.3 Å². The Balaban J connectivity index is 2.09. The highest BCUT2D eigenvalue weighted by Gasteiger charge is 2.40. The van der Waals surface area contributed by atoms with Crippen LogP contribution < -0.4 is 14.7 Å². The summed E-state index contributed by atoms with van der Waals surface area (Å²) in [7, 11) is -4.62. The van der Waals surface area contributed by atoms with Gasteiger partial charge in [-0.2, -0.15) is 4.91 Å². The van der Waals surface area contributed by atoms with Crippen LogP contribution in [0.3, 0.4) is 0 Å². The van der Waals surface area contributed by atoms with Crippen LogP contribution >= 0.6 is 0 Å². The third-order valence-electron chi connectivity index (χ3n) is 3.78. The number of fused-ring (bicyclic) bond motifs is 1. The van der Waals surface area contributed by atoms with Gasteiger partial charge in [0.1, 0.15) is 11.3 Å². The quantitative estimate of drug-likeness (QED) is 0.358. The minimum Gasteiger partial charge on any atom is -0.536 e. The molecule has 0 unspecified atom stereocenters. The third kappa shape index (κ3) is 5.76. The van der Waals surface area contributed by atoms with Gasteiger partial charge in [0.05, 0.1) is 18.8 Å². The van der Waals surface area contributed by atoms with Crippen LogP contribution in [-0.4, -0.2) is 52.7 Å². The molecule has 0 fully saturated rings. The number of nitrogens with zero attached hydrogens (tertiary/aromatic N) is 1. The van der Waals surface area contributed by atoms with Crippen LogP contribution in [0.25, 0.3) is 0 Å². The van der Waals surface area contributed by atoms with Gasteiger partial charge in [0.2, 0.25) is 15.9 Å². The first-order valence-electron chi connectivity index (χ1n) is 8.27. The van der Waals surface area contributed by atoms with Crippen molar-refractivity contribution in [3.8, 4) is 5.75 Å². The zero-order valence-electron chi connectivity index (χ0n) is 14.9. The monoisotopic (exact) mass is 397 g/mol. The first-order chi connectivity index (χ1) is 12.7. The Bertz CT molecular complexity index is 831. The van der Waals surface area contributed by atoms with Crippen molar-refractivity contribution in [1.29, 1.82) is 0 Å². The molecule has 0 saturated heterocycles. The number of hydrogen-bond acceptors (Lipinski definition) is 8. The number of ether oxygens (including phenoxy) is 1. The van der Waals surface area contributed by atoms with Crippen LogP contribution in [0.4, 0.5) is 0 Å². The zero-order valence-corrected chi connectivity index (χ0v) is 15.7. The van der Waals surface area contributed by atoms with Gasteiger partial charge < -0.3 is 14.7 Å². The molecule has 12 heteroatoms. The number of benzene rings is 1. The lowest BCUT2D eigenvalue weighted by molar-refractivity contribution is -0.121. The summed E-state index contributed by atoms with van der Waals surface area (Å²) in [6.07, 6.45) is 1.11. The lowest BCUT2D eigenvalue weighted by Crippen LogP contribution is -2.52. The van der Waals surface area contributed by atoms with Crippen molar-refractivity contribution >= 4 is 29.0 Å². The average Bonchev–Trinajstić information content (AvgIpc) is 2.59. The van der Waals surface area contributed by atoms with Crippen molar-refractivity contribution in [1.82, 2.24) is 10.0 Å². The summed E-state index contributed by atoms with van der Waals surface area (Å²) in [6.45, 7) is 1.80. The smallest absolute Gasteiger partial charge is 0.536 e. The van der Waals surface area contributed by atoms with Crippen LogP contribution in [0.2, 0.25) is 0 Å². The predicted molar refractivity (Wildman–Crippen MR) is 97.7 cm³/mol.